The van der Waals surface area contributed by atoms with E-state index in [2.05, 4.69) is 0 Å². The molecule has 0 bridgehead atoms. The first-order valence-electron chi connectivity index (χ1n) is 7.48. The van der Waals surface area contributed by atoms with Crippen LogP contribution in [0.2, 0.25) is 0 Å². The van der Waals surface area contributed by atoms with Crippen LogP contribution in [0.15, 0.2) is 24.3 Å². The first-order valence-corrected chi connectivity index (χ1v) is 7.48. The lowest BCUT2D eigenvalue weighted by Crippen LogP contribution is -2.57. The topological polar surface area (TPSA) is 94.8 Å². The lowest BCUT2D eigenvalue weighted by Gasteiger charge is -2.50. The average molecular weight is 304 g/mol. The second-order valence-corrected chi connectivity index (χ2v) is 7.04. The minimum Gasteiger partial charge on any atom is -0.481 e. The van der Waals surface area contributed by atoms with Crippen molar-refractivity contribution in [2.24, 2.45) is 11.3 Å². The summed E-state index contributed by atoms with van der Waals surface area (Å²) in [5.74, 6) is -3.31. The van der Waals surface area contributed by atoms with Crippen molar-refractivity contribution in [3.8, 4) is 0 Å². The van der Waals surface area contributed by atoms with Crippen molar-refractivity contribution in [2.45, 2.75) is 44.1 Å². The zero-order chi connectivity index (χ0) is 16.3. The van der Waals surface area contributed by atoms with Crippen LogP contribution in [0, 0.1) is 11.3 Å². The van der Waals surface area contributed by atoms with Crippen LogP contribution in [0.1, 0.15) is 44.2 Å². The normalized spacial score (nSPS) is 39.9. The molecule has 1 aromatic carbocycles. The van der Waals surface area contributed by atoms with Crippen LogP contribution in [-0.4, -0.2) is 27.3 Å². The van der Waals surface area contributed by atoms with Gasteiger partial charge in [0.25, 0.3) is 0 Å². The van der Waals surface area contributed by atoms with Gasteiger partial charge in [0.05, 0.1) is 5.41 Å². The summed E-state index contributed by atoms with van der Waals surface area (Å²) in [5.41, 5.74) is -3.01. The maximum Gasteiger partial charge on any atom is 0.340 e. The fourth-order valence-corrected chi connectivity index (χ4v) is 4.96. The van der Waals surface area contributed by atoms with Crippen LogP contribution >= 0.6 is 0 Å². The summed E-state index contributed by atoms with van der Waals surface area (Å²) in [4.78, 5) is 23.9. The Morgan fingerprint density at radius 3 is 2.18 bits per heavy atom. The number of carbonyl (C=O) groups is 2. The quantitative estimate of drug-likeness (QED) is 0.778. The zero-order valence-corrected chi connectivity index (χ0v) is 12.7. The van der Waals surface area contributed by atoms with Gasteiger partial charge < -0.3 is 15.3 Å². The molecule has 4 unspecified atom stereocenters. The van der Waals surface area contributed by atoms with E-state index in [1.165, 1.54) is 0 Å². The molecule has 3 rings (SSSR count). The van der Waals surface area contributed by atoms with E-state index in [0.29, 0.717) is 24.8 Å². The van der Waals surface area contributed by atoms with E-state index in [9.17, 15) is 24.9 Å². The fourth-order valence-electron chi connectivity index (χ4n) is 4.96. The average Bonchev–Trinajstić information content (AvgIpc) is 2.67. The number of aliphatic carboxylic acids is 2. The van der Waals surface area contributed by atoms with Crippen molar-refractivity contribution in [2.75, 3.05) is 0 Å². The van der Waals surface area contributed by atoms with E-state index in [1.807, 2.05) is 13.0 Å². The van der Waals surface area contributed by atoms with Gasteiger partial charge in [0, 0.05) is 11.3 Å². The Hall–Kier alpha value is -1.88. The van der Waals surface area contributed by atoms with Crippen LogP contribution in [0.3, 0.4) is 0 Å². The number of carboxylic acids is 2. The third-order valence-electron chi connectivity index (χ3n) is 5.85. The zero-order valence-electron chi connectivity index (χ0n) is 12.7. The van der Waals surface area contributed by atoms with Gasteiger partial charge in [0.15, 0.2) is 5.60 Å². The molecule has 5 heteroatoms. The molecule has 1 saturated carbocycles. The lowest BCUT2D eigenvalue weighted by atomic mass is 9.53. The van der Waals surface area contributed by atoms with E-state index in [1.54, 1.807) is 25.1 Å². The smallest absolute Gasteiger partial charge is 0.340 e. The summed E-state index contributed by atoms with van der Waals surface area (Å²) in [6, 6.07) is 6.92. The van der Waals surface area contributed by atoms with E-state index < -0.39 is 34.3 Å². The van der Waals surface area contributed by atoms with Crippen molar-refractivity contribution in [1.29, 1.82) is 0 Å². The highest BCUT2D eigenvalue weighted by Gasteiger charge is 2.69. The molecule has 0 aromatic heterocycles. The molecule has 4 atom stereocenters. The summed E-state index contributed by atoms with van der Waals surface area (Å²) in [6.45, 7) is 3.45. The second kappa shape index (κ2) is 4.32. The molecule has 2 aliphatic carbocycles. The standard InChI is InChI=1S/C17H20O5/c1-15-8-5-9-16(2,13(18)19)12(15)17(22,14(20)21)11-7-4-3-6-10(11)15/h3-4,6-7,12,22H,5,8-9H2,1-2H3,(H,18,19)(H,20,21). The molecule has 0 spiro atoms. The minimum absolute atomic E-state index is 0.337. The molecule has 0 amide bonds. The molecule has 0 heterocycles. The Morgan fingerprint density at radius 1 is 1.05 bits per heavy atom. The van der Waals surface area contributed by atoms with E-state index in [4.69, 9.17) is 0 Å². The van der Waals surface area contributed by atoms with Gasteiger partial charge in [0.1, 0.15) is 0 Å². The summed E-state index contributed by atoms with van der Waals surface area (Å²) >= 11 is 0. The summed E-state index contributed by atoms with van der Waals surface area (Å²) in [5, 5.41) is 30.6. The highest BCUT2D eigenvalue weighted by Crippen LogP contribution is 2.64. The van der Waals surface area contributed by atoms with Gasteiger partial charge in [-0.2, -0.15) is 0 Å². The molecule has 2 aliphatic rings. The molecule has 0 saturated heterocycles. The maximum atomic E-state index is 12.0. The molecule has 5 nitrogen and oxygen atoms in total. The molecule has 1 aromatic rings. The van der Waals surface area contributed by atoms with E-state index >= 15 is 0 Å². The first kappa shape index (κ1) is 15.0. The van der Waals surface area contributed by atoms with Crippen molar-refractivity contribution >= 4 is 11.9 Å². The van der Waals surface area contributed by atoms with Crippen LogP contribution in [0.4, 0.5) is 0 Å². The highest BCUT2D eigenvalue weighted by molar-refractivity contribution is 5.86. The van der Waals surface area contributed by atoms with Gasteiger partial charge >= 0.3 is 11.9 Å². The molecule has 0 radical (unpaired) electrons. The first-order chi connectivity index (χ1) is 10.2. The molecule has 0 aliphatic heterocycles. The van der Waals surface area contributed by atoms with Crippen LogP contribution in [-0.2, 0) is 20.6 Å². The number of rotatable bonds is 2. The van der Waals surface area contributed by atoms with Crippen molar-refractivity contribution in [1.82, 2.24) is 0 Å². The SMILES string of the molecule is CC1(C(=O)O)CCCC2(C)c3ccccc3C(O)(C(=O)O)C12. The van der Waals surface area contributed by atoms with Crippen molar-refractivity contribution in [3.63, 3.8) is 0 Å². The maximum absolute atomic E-state index is 12.0. The molecule has 22 heavy (non-hydrogen) atoms. The number of aliphatic hydroxyl groups is 1. The van der Waals surface area contributed by atoms with Gasteiger partial charge in [0.2, 0.25) is 0 Å². The monoisotopic (exact) mass is 304 g/mol. The number of hydrogen-bond donors (Lipinski definition) is 3. The third-order valence-corrected chi connectivity index (χ3v) is 5.85. The predicted molar refractivity (Wildman–Crippen MR) is 78.4 cm³/mol. The molecular weight excluding hydrogens is 284 g/mol. The number of carboxylic acid groups (broad SMARTS) is 2. The van der Waals surface area contributed by atoms with Gasteiger partial charge in [-0.25, -0.2) is 4.79 Å². The molecule has 118 valence electrons. The second-order valence-electron chi connectivity index (χ2n) is 7.04. The van der Waals surface area contributed by atoms with Crippen LogP contribution < -0.4 is 0 Å². The molecule has 1 fully saturated rings. The Kier molecular flexibility index (Phi) is 2.95. The third kappa shape index (κ3) is 1.52. The highest BCUT2D eigenvalue weighted by atomic mass is 16.4. The Bertz CT molecular complexity index is 669. The van der Waals surface area contributed by atoms with Crippen molar-refractivity contribution in [3.05, 3.63) is 35.4 Å². The van der Waals surface area contributed by atoms with Crippen LogP contribution in [0.5, 0.6) is 0 Å². The predicted octanol–water partition coefficient (Wildman–Crippen LogP) is 2.12. The molecule has 3 N–H and O–H groups in total. The number of benzene rings is 1. The van der Waals surface area contributed by atoms with Crippen LogP contribution in [0.25, 0.3) is 0 Å². The van der Waals surface area contributed by atoms with E-state index in [-0.39, 0.29) is 0 Å². The fraction of sp³-hybridized carbons (Fsp3) is 0.529. The summed E-state index contributed by atoms with van der Waals surface area (Å²) in [6.07, 6.45) is 1.74. The largest absolute Gasteiger partial charge is 0.481 e. The van der Waals surface area contributed by atoms with Gasteiger partial charge in [-0.05, 0) is 30.9 Å². The van der Waals surface area contributed by atoms with Crippen molar-refractivity contribution < 1.29 is 24.9 Å². The molecular formula is C17H20O5. The van der Waals surface area contributed by atoms with Gasteiger partial charge in [-0.1, -0.05) is 37.6 Å². The van der Waals surface area contributed by atoms with Gasteiger partial charge in [-0.15, -0.1) is 0 Å². The minimum atomic E-state index is -2.17. The number of fused-ring (bicyclic) bond motifs is 3. The summed E-state index contributed by atoms with van der Waals surface area (Å²) in [7, 11) is 0. The summed E-state index contributed by atoms with van der Waals surface area (Å²) < 4.78 is 0. The van der Waals surface area contributed by atoms with E-state index in [0.717, 1.165) is 5.56 Å². The number of hydrogen-bond acceptors (Lipinski definition) is 3. The lowest BCUT2D eigenvalue weighted by molar-refractivity contribution is -0.189. The Labute approximate surface area is 128 Å². The Balaban J connectivity index is 2.35. The Morgan fingerprint density at radius 2 is 1.64 bits per heavy atom. The van der Waals surface area contributed by atoms with Gasteiger partial charge in [-0.3, -0.25) is 4.79 Å².